The van der Waals surface area contributed by atoms with Crippen LogP contribution < -0.4 is 15.4 Å². The second-order valence-corrected chi connectivity index (χ2v) is 8.95. The van der Waals surface area contributed by atoms with Gasteiger partial charge < -0.3 is 15.4 Å². The van der Waals surface area contributed by atoms with Crippen LogP contribution in [-0.2, 0) is 14.8 Å². The Balaban J connectivity index is 0.00000338. The molecule has 0 aromatic heterocycles. The van der Waals surface area contributed by atoms with Gasteiger partial charge in [-0.3, -0.25) is 4.99 Å². The first-order valence-electron chi connectivity index (χ1n) is 9.66. The SMILES string of the molecule is CCNC(=NCCCOCC1CC1)NCCS(=O)(=O)NCC1CCC1.I. The predicted molar refractivity (Wildman–Crippen MR) is 117 cm³/mol. The fraction of sp³-hybridized carbons (Fsp3) is 0.941. The maximum absolute atomic E-state index is 12.0. The third kappa shape index (κ3) is 10.9. The molecule has 0 unspecified atom stereocenters. The molecular formula is C17H35IN4O3S. The fourth-order valence-corrected chi connectivity index (χ4v) is 3.56. The van der Waals surface area contributed by atoms with Crippen LogP contribution in [0.4, 0.5) is 0 Å². The van der Waals surface area contributed by atoms with E-state index in [1.165, 1.54) is 19.3 Å². The summed E-state index contributed by atoms with van der Waals surface area (Å²) < 4.78 is 32.2. The zero-order chi connectivity index (χ0) is 18.0. The van der Waals surface area contributed by atoms with E-state index < -0.39 is 10.0 Å². The Morgan fingerprint density at radius 3 is 2.54 bits per heavy atom. The van der Waals surface area contributed by atoms with Crippen LogP contribution in [0.3, 0.4) is 0 Å². The van der Waals surface area contributed by atoms with Crippen molar-refractivity contribution >= 4 is 40.0 Å². The average molecular weight is 502 g/mol. The number of guanidine groups is 1. The van der Waals surface area contributed by atoms with Crippen molar-refractivity contribution < 1.29 is 13.2 Å². The van der Waals surface area contributed by atoms with E-state index in [2.05, 4.69) is 20.3 Å². The van der Waals surface area contributed by atoms with E-state index in [4.69, 9.17) is 4.74 Å². The van der Waals surface area contributed by atoms with Gasteiger partial charge in [0.1, 0.15) is 0 Å². The first kappa shape index (κ1) is 23.9. The van der Waals surface area contributed by atoms with Crippen molar-refractivity contribution in [2.45, 2.75) is 45.4 Å². The summed E-state index contributed by atoms with van der Waals surface area (Å²) in [7, 11) is -3.21. The summed E-state index contributed by atoms with van der Waals surface area (Å²) in [6, 6.07) is 0. The van der Waals surface area contributed by atoms with Crippen LogP contribution >= 0.6 is 24.0 Å². The standard InChI is InChI=1S/C17H34N4O3S.HI/c1-2-18-17(19-9-4-11-24-14-16-7-8-16)20-10-12-25(22,23)21-13-15-5-3-6-15;/h15-16,21H,2-14H2,1H3,(H2,18,19,20);1H. The zero-order valence-electron chi connectivity index (χ0n) is 15.8. The molecule has 0 atom stereocenters. The summed E-state index contributed by atoms with van der Waals surface area (Å²) in [6.07, 6.45) is 7.01. The summed E-state index contributed by atoms with van der Waals surface area (Å²) in [6.45, 7) is 5.96. The van der Waals surface area contributed by atoms with Gasteiger partial charge in [0, 0.05) is 39.4 Å². The molecule has 0 bridgehead atoms. The number of sulfonamides is 1. The summed E-state index contributed by atoms with van der Waals surface area (Å²) in [5, 5.41) is 6.23. The Bertz CT molecular complexity index is 508. The van der Waals surface area contributed by atoms with Crippen molar-refractivity contribution in [3.05, 3.63) is 0 Å². The quantitative estimate of drug-likeness (QED) is 0.154. The minimum atomic E-state index is -3.21. The van der Waals surface area contributed by atoms with Gasteiger partial charge in [0.2, 0.25) is 10.0 Å². The van der Waals surface area contributed by atoms with Crippen LogP contribution in [0.15, 0.2) is 4.99 Å². The predicted octanol–water partition coefficient (Wildman–Crippen LogP) is 1.70. The van der Waals surface area contributed by atoms with Crippen LogP contribution in [0.1, 0.15) is 45.4 Å². The second kappa shape index (κ2) is 13.1. The van der Waals surface area contributed by atoms with E-state index in [0.29, 0.717) is 31.5 Å². The molecule has 0 radical (unpaired) electrons. The van der Waals surface area contributed by atoms with Crippen molar-refractivity contribution in [2.24, 2.45) is 16.8 Å². The van der Waals surface area contributed by atoms with Gasteiger partial charge in [0.15, 0.2) is 5.96 Å². The first-order valence-corrected chi connectivity index (χ1v) is 11.3. The molecule has 2 saturated carbocycles. The Hall–Kier alpha value is -0.130. The van der Waals surface area contributed by atoms with Gasteiger partial charge in [0.25, 0.3) is 0 Å². The Morgan fingerprint density at radius 2 is 1.92 bits per heavy atom. The third-order valence-corrected chi connectivity index (χ3v) is 5.94. The number of rotatable bonds is 13. The average Bonchev–Trinajstić information content (AvgIpc) is 3.33. The second-order valence-electron chi connectivity index (χ2n) is 7.02. The number of halogens is 1. The molecule has 2 fully saturated rings. The highest BCUT2D eigenvalue weighted by atomic mass is 127. The summed E-state index contributed by atoms with van der Waals surface area (Å²) in [4.78, 5) is 4.46. The van der Waals surface area contributed by atoms with Gasteiger partial charge in [-0.2, -0.15) is 0 Å². The third-order valence-electron chi connectivity index (χ3n) is 4.59. The zero-order valence-corrected chi connectivity index (χ0v) is 19.0. The minimum absolute atomic E-state index is 0. The molecule has 0 aromatic rings. The monoisotopic (exact) mass is 502 g/mol. The molecule has 3 N–H and O–H groups in total. The molecule has 0 amide bonds. The topological polar surface area (TPSA) is 91.8 Å². The Morgan fingerprint density at radius 1 is 1.15 bits per heavy atom. The smallest absolute Gasteiger partial charge is 0.213 e. The molecule has 0 spiro atoms. The van der Waals surface area contributed by atoms with E-state index in [1.807, 2.05) is 6.92 Å². The number of hydrogen-bond acceptors (Lipinski definition) is 4. The number of hydrogen-bond donors (Lipinski definition) is 3. The van der Waals surface area contributed by atoms with Crippen molar-refractivity contribution in [1.29, 1.82) is 0 Å². The number of nitrogens with zero attached hydrogens (tertiary/aromatic N) is 1. The molecule has 0 aliphatic heterocycles. The molecule has 7 nitrogen and oxygen atoms in total. The van der Waals surface area contributed by atoms with Crippen molar-refractivity contribution in [2.75, 3.05) is 45.1 Å². The molecule has 2 aliphatic carbocycles. The maximum atomic E-state index is 12.0. The van der Waals surface area contributed by atoms with E-state index in [9.17, 15) is 8.42 Å². The number of ether oxygens (including phenoxy) is 1. The number of nitrogens with one attached hydrogen (secondary N) is 3. The van der Waals surface area contributed by atoms with Crippen molar-refractivity contribution in [1.82, 2.24) is 15.4 Å². The summed E-state index contributed by atoms with van der Waals surface area (Å²) in [5.41, 5.74) is 0. The van der Waals surface area contributed by atoms with E-state index in [0.717, 1.165) is 44.9 Å². The minimum Gasteiger partial charge on any atom is -0.381 e. The van der Waals surface area contributed by atoms with E-state index in [1.54, 1.807) is 0 Å². The molecular weight excluding hydrogens is 467 g/mol. The number of aliphatic imine (C=N–C) groups is 1. The molecule has 0 saturated heterocycles. The van der Waals surface area contributed by atoms with Crippen LogP contribution in [0.2, 0.25) is 0 Å². The molecule has 2 rings (SSSR count). The molecule has 154 valence electrons. The van der Waals surface area contributed by atoms with Gasteiger partial charge in [0.05, 0.1) is 5.75 Å². The maximum Gasteiger partial charge on any atom is 0.213 e. The summed E-state index contributed by atoms with van der Waals surface area (Å²) in [5.74, 6) is 2.05. The highest BCUT2D eigenvalue weighted by molar-refractivity contribution is 14.0. The highest BCUT2D eigenvalue weighted by Crippen LogP contribution is 2.28. The first-order chi connectivity index (χ1) is 12.1. The van der Waals surface area contributed by atoms with Crippen molar-refractivity contribution in [3.8, 4) is 0 Å². The lowest BCUT2D eigenvalue weighted by molar-refractivity contribution is 0.123. The van der Waals surface area contributed by atoms with E-state index in [-0.39, 0.29) is 29.7 Å². The molecule has 2 aliphatic rings. The Kier molecular flexibility index (Phi) is 12.1. The lowest BCUT2D eigenvalue weighted by Crippen LogP contribution is -2.42. The lowest BCUT2D eigenvalue weighted by atomic mass is 9.86. The molecule has 26 heavy (non-hydrogen) atoms. The van der Waals surface area contributed by atoms with Crippen molar-refractivity contribution in [3.63, 3.8) is 0 Å². The van der Waals surface area contributed by atoms with Crippen LogP contribution in [0, 0.1) is 11.8 Å². The molecule has 0 heterocycles. The van der Waals surface area contributed by atoms with Gasteiger partial charge >= 0.3 is 0 Å². The van der Waals surface area contributed by atoms with Crippen LogP contribution in [-0.4, -0.2) is 59.5 Å². The Labute approximate surface area is 175 Å². The van der Waals surface area contributed by atoms with Gasteiger partial charge in [-0.25, -0.2) is 13.1 Å². The van der Waals surface area contributed by atoms with E-state index >= 15 is 0 Å². The lowest BCUT2D eigenvalue weighted by Gasteiger charge is -2.25. The fourth-order valence-electron chi connectivity index (χ4n) is 2.55. The van der Waals surface area contributed by atoms with Gasteiger partial charge in [-0.1, -0.05) is 6.42 Å². The van der Waals surface area contributed by atoms with Gasteiger partial charge in [-0.05, 0) is 50.9 Å². The van der Waals surface area contributed by atoms with Gasteiger partial charge in [-0.15, -0.1) is 24.0 Å². The summed E-state index contributed by atoms with van der Waals surface area (Å²) >= 11 is 0. The van der Waals surface area contributed by atoms with Crippen LogP contribution in [0.5, 0.6) is 0 Å². The molecule has 9 heteroatoms. The molecule has 0 aromatic carbocycles. The van der Waals surface area contributed by atoms with Crippen LogP contribution in [0.25, 0.3) is 0 Å². The highest BCUT2D eigenvalue weighted by Gasteiger charge is 2.21. The normalized spacial score (nSPS) is 18.1. The largest absolute Gasteiger partial charge is 0.381 e.